The van der Waals surface area contributed by atoms with Crippen LogP contribution < -0.4 is 5.32 Å². The van der Waals surface area contributed by atoms with Gasteiger partial charge in [-0.15, -0.1) is 0 Å². The lowest BCUT2D eigenvalue weighted by atomic mass is 10.7. The Bertz CT molecular complexity index is 165. The molecule has 1 aliphatic rings. The van der Waals surface area contributed by atoms with Gasteiger partial charge >= 0.3 is 0 Å². The fourth-order valence-electron chi connectivity index (χ4n) is 0.383. The minimum Gasteiger partial charge on any atom is -0.480 e. The summed E-state index contributed by atoms with van der Waals surface area (Å²) in [4.78, 5) is 3.72. The van der Waals surface area contributed by atoms with Crippen molar-refractivity contribution in [3.63, 3.8) is 0 Å². The molecule has 0 saturated heterocycles. The van der Waals surface area contributed by atoms with Crippen LogP contribution in [0.1, 0.15) is 0 Å². The second kappa shape index (κ2) is 2.19. The van der Waals surface area contributed by atoms with Crippen molar-refractivity contribution in [3.8, 4) is 0 Å². The molecule has 0 spiro atoms. The van der Waals surface area contributed by atoms with Gasteiger partial charge in [0.25, 0.3) is 0 Å². The van der Waals surface area contributed by atoms with Crippen LogP contribution in [0.25, 0.3) is 0 Å². The summed E-state index contributed by atoms with van der Waals surface area (Å²) in [7, 11) is 1.56. The third kappa shape index (κ3) is 0.891. The molecule has 42 valence electrons. The molecular formula is C5H6N2O. The highest BCUT2D eigenvalue weighted by atomic mass is 16.5. The number of nitrogens with one attached hydrogen (secondary N) is 1. The van der Waals surface area contributed by atoms with Crippen molar-refractivity contribution in [3.05, 3.63) is 18.3 Å². The number of aliphatic imine (C=N–C) groups is 1. The van der Waals surface area contributed by atoms with Crippen LogP contribution in [0.3, 0.4) is 0 Å². The highest BCUT2D eigenvalue weighted by molar-refractivity contribution is 5.54. The summed E-state index contributed by atoms with van der Waals surface area (Å²) in [6.07, 6.45) is 3.25. The molecule has 0 aromatic rings. The van der Waals surface area contributed by atoms with Crippen LogP contribution in [0.4, 0.5) is 0 Å². The summed E-state index contributed by atoms with van der Waals surface area (Å²) in [6.45, 7) is 0. The van der Waals surface area contributed by atoms with E-state index in [1.54, 1.807) is 19.5 Å². The van der Waals surface area contributed by atoms with E-state index in [0.29, 0.717) is 5.88 Å². The van der Waals surface area contributed by atoms with Gasteiger partial charge in [-0.2, -0.15) is 4.99 Å². The van der Waals surface area contributed by atoms with E-state index in [-0.39, 0.29) is 0 Å². The first-order valence-electron chi connectivity index (χ1n) is 2.21. The Morgan fingerprint density at radius 2 is 2.75 bits per heavy atom. The molecule has 0 aromatic heterocycles. The van der Waals surface area contributed by atoms with E-state index in [0.717, 1.165) is 0 Å². The second-order valence-electron chi connectivity index (χ2n) is 1.24. The number of hydrogen-bond acceptors (Lipinski definition) is 3. The third-order valence-corrected chi connectivity index (χ3v) is 0.739. The molecule has 0 unspecified atom stereocenters. The van der Waals surface area contributed by atoms with Gasteiger partial charge in [0.1, 0.15) is 0 Å². The van der Waals surface area contributed by atoms with E-state index in [2.05, 4.69) is 16.2 Å². The lowest BCUT2D eigenvalue weighted by Crippen LogP contribution is -1.99. The highest BCUT2D eigenvalue weighted by Crippen LogP contribution is 1.94. The minimum atomic E-state index is 0.549. The Hall–Kier alpha value is -1.21. The average molecular weight is 110 g/mol. The van der Waals surface area contributed by atoms with Gasteiger partial charge in [-0.3, -0.25) is 0 Å². The molecule has 0 aromatic carbocycles. The van der Waals surface area contributed by atoms with E-state index in [4.69, 9.17) is 4.74 Å². The van der Waals surface area contributed by atoms with E-state index in [9.17, 15) is 0 Å². The van der Waals surface area contributed by atoms with Gasteiger partial charge in [-0.1, -0.05) is 0 Å². The summed E-state index contributed by atoms with van der Waals surface area (Å²) < 4.78 is 4.74. The molecule has 8 heavy (non-hydrogen) atoms. The van der Waals surface area contributed by atoms with Crippen molar-refractivity contribution in [1.29, 1.82) is 0 Å². The molecule has 0 amide bonds. The van der Waals surface area contributed by atoms with Gasteiger partial charge in [0.05, 0.1) is 19.5 Å². The zero-order valence-electron chi connectivity index (χ0n) is 4.51. The standard InChI is InChI=1S/C5H6N2O/c1-8-5-4-6-2-3-7-5/h2,4,6H,1H3. The molecule has 1 N–H and O–H groups in total. The summed E-state index contributed by atoms with van der Waals surface area (Å²) >= 11 is 0. The quantitative estimate of drug-likeness (QED) is 0.523. The van der Waals surface area contributed by atoms with Crippen LogP contribution in [-0.4, -0.2) is 13.0 Å². The van der Waals surface area contributed by atoms with Crippen molar-refractivity contribution in [2.45, 2.75) is 0 Å². The normalized spacial score (nSPS) is 14.9. The van der Waals surface area contributed by atoms with Crippen LogP contribution in [0.5, 0.6) is 0 Å². The first-order chi connectivity index (χ1) is 3.93. The first-order valence-corrected chi connectivity index (χ1v) is 2.21. The van der Waals surface area contributed by atoms with Gasteiger partial charge < -0.3 is 10.1 Å². The predicted octanol–water partition coefficient (Wildman–Crippen LogP) is 0.218. The van der Waals surface area contributed by atoms with Crippen LogP contribution in [0.15, 0.2) is 23.3 Å². The van der Waals surface area contributed by atoms with E-state index in [1.807, 2.05) is 0 Å². The number of nitrogens with zero attached hydrogens (tertiary/aromatic N) is 1. The summed E-state index contributed by atoms with van der Waals surface area (Å²) in [5, 5.41) is 2.77. The Balaban J connectivity index is 2.68. The summed E-state index contributed by atoms with van der Waals surface area (Å²) in [5.41, 5.74) is 0. The SMILES string of the molecule is COC1=CNC=C=N1. The summed E-state index contributed by atoms with van der Waals surface area (Å²) in [6, 6.07) is 0. The van der Waals surface area contributed by atoms with Crippen LogP contribution >= 0.6 is 0 Å². The Morgan fingerprint density at radius 1 is 1.88 bits per heavy atom. The lowest BCUT2D eigenvalue weighted by molar-refractivity contribution is 0.286. The lowest BCUT2D eigenvalue weighted by Gasteiger charge is -1.98. The third-order valence-electron chi connectivity index (χ3n) is 0.739. The van der Waals surface area contributed by atoms with Crippen molar-refractivity contribution in [1.82, 2.24) is 5.32 Å². The monoisotopic (exact) mass is 110 g/mol. The topological polar surface area (TPSA) is 33.6 Å². The molecule has 0 radical (unpaired) electrons. The largest absolute Gasteiger partial charge is 0.480 e. The van der Waals surface area contributed by atoms with Gasteiger partial charge in [-0.05, 0) is 0 Å². The fourth-order valence-corrected chi connectivity index (χ4v) is 0.383. The molecule has 1 rings (SSSR count). The molecule has 0 aliphatic carbocycles. The van der Waals surface area contributed by atoms with Crippen molar-refractivity contribution >= 4 is 5.87 Å². The molecule has 0 atom stereocenters. The van der Waals surface area contributed by atoms with Crippen molar-refractivity contribution < 1.29 is 4.74 Å². The molecule has 0 bridgehead atoms. The Morgan fingerprint density at radius 3 is 3.12 bits per heavy atom. The number of methoxy groups -OCH3 is 1. The maximum absolute atomic E-state index is 4.74. The van der Waals surface area contributed by atoms with Crippen molar-refractivity contribution in [2.24, 2.45) is 4.99 Å². The zero-order chi connectivity index (χ0) is 5.82. The van der Waals surface area contributed by atoms with Gasteiger partial charge in [0.15, 0.2) is 0 Å². The molecule has 1 heterocycles. The molecule has 1 aliphatic heterocycles. The van der Waals surface area contributed by atoms with Gasteiger partial charge in [-0.25, -0.2) is 0 Å². The molecule has 3 nitrogen and oxygen atoms in total. The van der Waals surface area contributed by atoms with E-state index in [1.165, 1.54) is 0 Å². The van der Waals surface area contributed by atoms with Crippen LogP contribution in [0, 0.1) is 0 Å². The number of rotatable bonds is 1. The zero-order valence-corrected chi connectivity index (χ0v) is 4.51. The van der Waals surface area contributed by atoms with Crippen molar-refractivity contribution in [2.75, 3.05) is 7.11 Å². The Labute approximate surface area is 47.4 Å². The van der Waals surface area contributed by atoms with Crippen LogP contribution in [-0.2, 0) is 4.74 Å². The molecule has 0 saturated carbocycles. The predicted molar refractivity (Wildman–Crippen MR) is 30.2 cm³/mol. The van der Waals surface area contributed by atoms with Gasteiger partial charge in [0.2, 0.25) is 5.88 Å². The van der Waals surface area contributed by atoms with E-state index >= 15 is 0 Å². The number of ether oxygens (including phenoxy) is 1. The van der Waals surface area contributed by atoms with Gasteiger partial charge in [0, 0.05) is 5.87 Å². The molecule has 3 heteroatoms. The van der Waals surface area contributed by atoms with E-state index < -0.39 is 0 Å². The smallest absolute Gasteiger partial charge is 0.238 e. The molecular weight excluding hydrogens is 104 g/mol. The molecule has 0 fully saturated rings. The fraction of sp³-hybridized carbons (Fsp3) is 0.200. The minimum absolute atomic E-state index is 0.549. The second-order valence-corrected chi connectivity index (χ2v) is 1.24. The average Bonchev–Trinajstić information content (AvgIpc) is 1.90. The highest BCUT2D eigenvalue weighted by Gasteiger charge is 1.88. The van der Waals surface area contributed by atoms with Crippen LogP contribution in [0.2, 0.25) is 0 Å². The maximum Gasteiger partial charge on any atom is 0.238 e. The Kier molecular flexibility index (Phi) is 1.35. The maximum atomic E-state index is 4.74. The first kappa shape index (κ1) is 4.94. The summed E-state index contributed by atoms with van der Waals surface area (Å²) in [5.74, 6) is 3.13. The number of hydrogen-bond donors (Lipinski definition) is 1.